The number of hydrogen-bond acceptors (Lipinski definition) is 4. The number of guanidine groups is 1. The Kier molecular flexibility index (Phi) is 5.72. The molecule has 142 valence electrons. The van der Waals surface area contributed by atoms with Gasteiger partial charge in [0.15, 0.2) is 5.96 Å². The molecule has 0 atom stereocenters. The Morgan fingerprint density at radius 2 is 1.96 bits per heavy atom. The smallest absolute Gasteiger partial charge is 0.274 e. The van der Waals surface area contributed by atoms with E-state index in [4.69, 9.17) is 15.7 Å². The molecule has 1 heterocycles. The van der Waals surface area contributed by atoms with Crippen molar-refractivity contribution in [1.29, 1.82) is 5.41 Å². The number of aromatic nitrogens is 1. The fourth-order valence-electron chi connectivity index (χ4n) is 3.39. The Morgan fingerprint density at radius 3 is 2.50 bits per heavy atom. The highest BCUT2D eigenvalue weighted by Gasteiger charge is 2.27. The maximum Gasteiger partial charge on any atom is 0.274 e. The van der Waals surface area contributed by atoms with E-state index in [1.54, 1.807) is 0 Å². The number of amides is 1. The van der Waals surface area contributed by atoms with Gasteiger partial charge < -0.3 is 10.3 Å². The summed E-state index contributed by atoms with van der Waals surface area (Å²) in [5, 5.41) is 11.0. The van der Waals surface area contributed by atoms with Crippen LogP contribution in [0.2, 0.25) is 0 Å². The van der Waals surface area contributed by atoms with Crippen LogP contribution in [-0.2, 0) is 23.0 Å². The zero-order valence-corrected chi connectivity index (χ0v) is 15.9. The van der Waals surface area contributed by atoms with Gasteiger partial charge >= 0.3 is 0 Å². The minimum Gasteiger partial charge on any atom is -0.370 e. The van der Waals surface area contributed by atoms with E-state index in [0.717, 1.165) is 30.3 Å². The number of carbonyl (C=O) groups is 1. The minimum absolute atomic E-state index is 0.169. The summed E-state index contributed by atoms with van der Waals surface area (Å²) in [6.07, 6.45) is 3.72. The minimum atomic E-state index is -3.67. The molecular formula is C17H24N4O4S. The second-order valence-corrected chi connectivity index (χ2v) is 8.02. The molecule has 3 rings (SSSR count). The number of benzene rings is 1. The van der Waals surface area contributed by atoms with Crippen LogP contribution in [-0.4, -0.2) is 35.7 Å². The summed E-state index contributed by atoms with van der Waals surface area (Å²) in [5.74, 6) is -0.598. The molecule has 1 aromatic heterocycles. The monoisotopic (exact) mass is 380 g/mol. The predicted molar refractivity (Wildman–Crippen MR) is 101 cm³/mol. The van der Waals surface area contributed by atoms with Crippen molar-refractivity contribution in [2.45, 2.75) is 39.2 Å². The molecule has 1 aliphatic rings. The Bertz CT molecular complexity index is 953. The Balaban J connectivity index is 0.000000431. The first-order chi connectivity index (χ1) is 12.0. The molecule has 0 aliphatic heterocycles. The Labute approximate surface area is 152 Å². The maximum atomic E-state index is 12.5. The topological polar surface area (TPSA) is 138 Å². The van der Waals surface area contributed by atoms with Crippen molar-refractivity contribution in [2.24, 2.45) is 5.73 Å². The number of rotatable bonds is 2. The van der Waals surface area contributed by atoms with Crippen LogP contribution in [0.4, 0.5) is 0 Å². The predicted octanol–water partition coefficient (Wildman–Crippen LogP) is 1.84. The van der Waals surface area contributed by atoms with Gasteiger partial charge in [0.25, 0.3) is 16.0 Å². The number of aryl methyl sites for hydroxylation is 2. The van der Waals surface area contributed by atoms with Crippen molar-refractivity contribution in [3.63, 3.8) is 0 Å². The van der Waals surface area contributed by atoms with Gasteiger partial charge in [-0.15, -0.1) is 0 Å². The van der Waals surface area contributed by atoms with E-state index in [-0.39, 0.29) is 17.9 Å². The molecule has 1 aliphatic carbocycles. The number of nitrogens with zero attached hydrogens (tertiary/aromatic N) is 1. The molecular weight excluding hydrogens is 356 g/mol. The first-order valence-electron chi connectivity index (χ1n) is 8.23. The van der Waals surface area contributed by atoms with Crippen LogP contribution < -0.4 is 11.1 Å². The summed E-state index contributed by atoms with van der Waals surface area (Å²) in [5.41, 5.74) is 9.49. The lowest BCUT2D eigenvalue weighted by Crippen LogP contribution is -2.37. The molecule has 8 nitrogen and oxygen atoms in total. The lowest BCUT2D eigenvalue weighted by Gasteiger charge is -2.15. The highest BCUT2D eigenvalue weighted by molar-refractivity contribution is 7.85. The molecule has 0 bridgehead atoms. The lowest BCUT2D eigenvalue weighted by molar-refractivity contribution is 0.0965. The van der Waals surface area contributed by atoms with Gasteiger partial charge in [0, 0.05) is 16.9 Å². The number of carbonyl (C=O) groups excluding carboxylic acids is 1. The quantitative estimate of drug-likeness (QED) is 0.358. The average Bonchev–Trinajstić information content (AvgIpc) is 2.82. The largest absolute Gasteiger partial charge is 0.370 e. The van der Waals surface area contributed by atoms with Gasteiger partial charge in [0.1, 0.15) is 5.69 Å². The van der Waals surface area contributed by atoms with Crippen LogP contribution >= 0.6 is 0 Å². The van der Waals surface area contributed by atoms with E-state index in [0.29, 0.717) is 11.9 Å². The number of nitrogens with two attached hydrogens (primary N) is 1. The zero-order valence-electron chi connectivity index (χ0n) is 15.0. The summed E-state index contributed by atoms with van der Waals surface area (Å²) < 4.78 is 27.9. The Hall–Kier alpha value is -2.39. The summed E-state index contributed by atoms with van der Waals surface area (Å²) in [7, 11) is -3.67. The normalized spacial score (nSPS) is 13.3. The lowest BCUT2D eigenvalue weighted by atomic mass is 9.91. The average molecular weight is 380 g/mol. The number of hydrogen-bond donors (Lipinski definition) is 4. The second-order valence-electron chi connectivity index (χ2n) is 6.56. The molecule has 0 fully saturated rings. The van der Waals surface area contributed by atoms with Crippen molar-refractivity contribution >= 4 is 32.9 Å². The van der Waals surface area contributed by atoms with Crippen molar-refractivity contribution in [1.82, 2.24) is 9.88 Å². The summed E-state index contributed by atoms with van der Waals surface area (Å²) in [6, 6.07) is 6.43. The maximum absolute atomic E-state index is 12.5. The van der Waals surface area contributed by atoms with Gasteiger partial charge in [-0.25, -0.2) is 0 Å². The summed E-state index contributed by atoms with van der Waals surface area (Å²) in [4.78, 5) is 12.5. The first-order valence-corrected chi connectivity index (χ1v) is 10.1. The van der Waals surface area contributed by atoms with E-state index < -0.39 is 10.1 Å². The highest BCUT2D eigenvalue weighted by Crippen LogP contribution is 2.36. The molecule has 0 spiro atoms. The standard InChI is InChI=1S/C16H20N4O.CH4O3S/c1-9(2)20-12-8-4-6-10-5-3-7-11(13(10)12)14(20)15(21)19-16(17)18;1-5(2,3)4/h4,6,8-9H,3,5,7H2,1-2H3,(H4,17,18,19,21);1H3,(H,2,3,4). The fourth-order valence-corrected chi connectivity index (χ4v) is 3.39. The van der Waals surface area contributed by atoms with Gasteiger partial charge in [-0.2, -0.15) is 8.42 Å². The second kappa shape index (κ2) is 7.46. The first kappa shape index (κ1) is 19.9. The summed E-state index contributed by atoms with van der Waals surface area (Å²) in [6.45, 7) is 4.14. The SMILES string of the molecule is CC(C)n1c(C(=O)NC(=N)N)c2c3c(cccc31)CCC2.CS(=O)(=O)O. The van der Waals surface area contributed by atoms with Crippen LogP contribution in [0.25, 0.3) is 10.9 Å². The molecule has 26 heavy (non-hydrogen) atoms. The summed E-state index contributed by atoms with van der Waals surface area (Å²) >= 11 is 0. The van der Waals surface area contributed by atoms with Gasteiger partial charge in [0.05, 0.1) is 6.26 Å². The molecule has 0 saturated heterocycles. The molecule has 5 N–H and O–H groups in total. The van der Waals surface area contributed by atoms with E-state index in [1.165, 1.54) is 10.9 Å². The molecule has 2 aromatic rings. The Morgan fingerprint density at radius 1 is 1.35 bits per heavy atom. The van der Waals surface area contributed by atoms with E-state index in [1.807, 2.05) is 0 Å². The van der Waals surface area contributed by atoms with Crippen LogP contribution in [0.15, 0.2) is 18.2 Å². The van der Waals surface area contributed by atoms with Gasteiger partial charge in [-0.1, -0.05) is 12.1 Å². The van der Waals surface area contributed by atoms with Crippen LogP contribution in [0.5, 0.6) is 0 Å². The molecule has 0 unspecified atom stereocenters. The van der Waals surface area contributed by atoms with E-state index in [2.05, 4.69) is 41.9 Å². The van der Waals surface area contributed by atoms with Gasteiger partial charge in [-0.3, -0.25) is 20.1 Å². The van der Waals surface area contributed by atoms with Crippen molar-refractivity contribution in [2.75, 3.05) is 6.26 Å². The number of nitrogens with one attached hydrogen (secondary N) is 2. The van der Waals surface area contributed by atoms with Gasteiger partial charge in [-0.05, 0) is 50.3 Å². The molecule has 0 radical (unpaired) electrons. The zero-order chi connectivity index (χ0) is 19.6. The fraction of sp³-hybridized carbons (Fsp3) is 0.412. The molecule has 0 saturated carbocycles. The van der Waals surface area contributed by atoms with Gasteiger partial charge in [0.2, 0.25) is 0 Å². The molecule has 9 heteroatoms. The van der Waals surface area contributed by atoms with Crippen LogP contribution in [0.3, 0.4) is 0 Å². The van der Waals surface area contributed by atoms with E-state index in [9.17, 15) is 13.2 Å². The third-order valence-electron chi connectivity index (χ3n) is 4.07. The highest BCUT2D eigenvalue weighted by atomic mass is 32.2. The van der Waals surface area contributed by atoms with Crippen molar-refractivity contribution in [3.05, 3.63) is 35.0 Å². The van der Waals surface area contributed by atoms with E-state index >= 15 is 0 Å². The van der Waals surface area contributed by atoms with Crippen molar-refractivity contribution < 1.29 is 17.8 Å². The van der Waals surface area contributed by atoms with Crippen molar-refractivity contribution in [3.8, 4) is 0 Å². The third kappa shape index (κ3) is 4.41. The molecule has 1 aromatic carbocycles. The van der Waals surface area contributed by atoms with Crippen LogP contribution in [0.1, 0.15) is 47.9 Å². The molecule has 1 amide bonds. The third-order valence-corrected chi connectivity index (χ3v) is 4.07. The van der Waals surface area contributed by atoms with Crippen LogP contribution in [0, 0.1) is 5.41 Å².